The second-order valence-electron chi connectivity index (χ2n) is 9.67. The Balaban J connectivity index is 1.48. The minimum atomic E-state index is -0.882. The quantitative estimate of drug-likeness (QED) is 0.647. The predicted octanol–water partition coefficient (Wildman–Crippen LogP) is 3.67. The minimum Gasteiger partial charge on any atom is -0.497 e. The molecular weight excluding hydrogens is 448 g/mol. The lowest BCUT2D eigenvalue weighted by molar-refractivity contribution is -0.144. The first-order valence-electron chi connectivity index (χ1n) is 12.2. The van der Waals surface area contributed by atoms with E-state index >= 15 is 0 Å². The molecule has 3 atom stereocenters. The van der Waals surface area contributed by atoms with Crippen LogP contribution < -0.4 is 14.2 Å². The highest BCUT2D eigenvalue weighted by atomic mass is 16.7. The number of hydrogen-bond donors (Lipinski definition) is 1. The molecule has 35 heavy (non-hydrogen) atoms. The fourth-order valence-electron chi connectivity index (χ4n) is 5.85. The van der Waals surface area contributed by atoms with E-state index in [2.05, 4.69) is 0 Å². The molecule has 0 unspecified atom stereocenters. The molecule has 2 aromatic carbocycles. The summed E-state index contributed by atoms with van der Waals surface area (Å²) in [6, 6.07) is 12.9. The number of likely N-dealkylation sites (N-methyl/N-ethyl adjacent to an activating group) is 1. The minimum absolute atomic E-state index is 0.0332. The number of carboxylic acids is 1. The number of likely N-dealkylation sites (tertiary alicyclic amines) is 1. The van der Waals surface area contributed by atoms with Crippen LogP contribution >= 0.6 is 0 Å². The van der Waals surface area contributed by atoms with Crippen molar-refractivity contribution in [2.45, 2.75) is 43.7 Å². The van der Waals surface area contributed by atoms with Crippen molar-refractivity contribution >= 4 is 11.9 Å². The summed E-state index contributed by atoms with van der Waals surface area (Å²) in [5.41, 5.74) is 1.73. The van der Waals surface area contributed by atoms with Gasteiger partial charge in [-0.25, -0.2) is 0 Å². The van der Waals surface area contributed by atoms with Gasteiger partial charge in [0.15, 0.2) is 11.5 Å². The monoisotopic (exact) mass is 480 g/mol. The molecule has 1 amide bonds. The average molecular weight is 481 g/mol. The van der Waals surface area contributed by atoms with Gasteiger partial charge in [0.1, 0.15) is 5.75 Å². The first-order chi connectivity index (χ1) is 17.0. The van der Waals surface area contributed by atoms with E-state index in [-0.39, 0.29) is 31.2 Å². The Morgan fingerprint density at radius 2 is 1.74 bits per heavy atom. The molecule has 2 aliphatic heterocycles. The van der Waals surface area contributed by atoms with Crippen molar-refractivity contribution in [1.29, 1.82) is 0 Å². The molecule has 0 spiro atoms. The second-order valence-corrected chi connectivity index (χ2v) is 9.67. The molecule has 3 aliphatic rings. The van der Waals surface area contributed by atoms with E-state index in [1.165, 1.54) is 0 Å². The average Bonchev–Trinajstić information content (AvgIpc) is 3.63. The van der Waals surface area contributed by atoms with Crippen molar-refractivity contribution in [1.82, 2.24) is 9.80 Å². The molecular formula is C27H32N2O6. The van der Waals surface area contributed by atoms with Gasteiger partial charge in [0.2, 0.25) is 12.7 Å². The van der Waals surface area contributed by atoms with Crippen LogP contribution in [0.2, 0.25) is 0 Å². The van der Waals surface area contributed by atoms with Gasteiger partial charge < -0.3 is 24.2 Å². The lowest BCUT2D eigenvalue weighted by Crippen LogP contribution is -2.43. The summed E-state index contributed by atoms with van der Waals surface area (Å²) in [5, 5.41) is 10.4. The molecule has 1 N–H and O–H groups in total. The van der Waals surface area contributed by atoms with E-state index in [9.17, 15) is 14.7 Å². The van der Waals surface area contributed by atoms with Crippen LogP contribution in [0.25, 0.3) is 0 Å². The molecule has 2 aromatic rings. The summed E-state index contributed by atoms with van der Waals surface area (Å²) in [6.07, 6.45) is 4.35. The fraction of sp³-hybridized carbons (Fsp3) is 0.481. The van der Waals surface area contributed by atoms with E-state index in [1.807, 2.05) is 59.3 Å². The highest BCUT2D eigenvalue weighted by Gasteiger charge is 2.48. The number of amides is 1. The number of benzene rings is 2. The molecule has 2 heterocycles. The second kappa shape index (κ2) is 9.77. The third-order valence-electron chi connectivity index (χ3n) is 7.77. The SMILES string of the molecule is COc1ccc([C@@H]2[C@@H](C(=O)O)[C@@H](c3ccc4c(c3)OCO4)CN2CC(=O)N(C)C2CCCC2)cc1. The standard InChI is InChI=1S/C27H32N2O6/c1-28(19-5-3-4-6-19)24(30)15-29-14-21(18-9-12-22-23(13-18)35-16-34-22)25(27(31)32)26(29)17-7-10-20(33-2)11-8-17/h7-13,19,21,25-26H,3-6,14-16H2,1-2H3,(H,31,32)/t21-,25+,26-/m1/s1. The van der Waals surface area contributed by atoms with E-state index in [1.54, 1.807) is 7.11 Å². The Hall–Kier alpha value is -3.26. The number of nitrogens with zero attached hydrogens (tertiary/aromatic N) is 2. The number of methoxy groups -OCH3 is 1. The van der Waals surface area contributed by atoms with Crippen molar-refractivity contribution in [3.05, 3.63) is 53.6 Å². The number of fused-ring (bicyclic) bond motifs is 1. The van der Waals surface area contributed by atoms with Gasteiger partial charge in [0.25, 0.3) is 0 Å². The van der Waals surface area contributed by atoms with Crippen LogP contribution in [0.15, 0.2) is 42.5 Å². The van der Waals surface area contributed by atoms with E-state index in [4.69, 9.17) is 14.2 Å². The first kappa shape index (κ1) is 23.5. The fourth-order valence-corrected chi connectivity index (χ4v) is 5.85. The number of hydrogen-bond acceptors (Lipinski definition) is 6. The van der Waals surface area contributed by atoms with Crippen molar-refractivity contribution < 1.29 is 28.9 Å². The summed E-state index contributed by atoms with van der Waals surface area (Å²) >= 11 is 0. The van der Waals surface area contributed by atoms with Crippen molar-refractivity contribution in [3.63, 3.8) is 0 Å². The summed E-state index contributed by atoms with van der Waals surface area (Å²) in [4.78, 5) is 29.9. The topological polar surface area (TPSA) is 88.5 Å². The predicted molar refractivity (Wildman–Crippen MR) is 129 cm³/mol. The molecule has 1 saturated heterocycles. The molecule has 0 bridgehead atoms. The third-order valence-corrected chi connectivity index (χ3v) is 7.77. The Morgan fingerprint density at radius 3 is 2.43 bits per heavy atom. The van der Waals surface area contributed by atoms with E-state index in [0.29, 0.717) is 23.8 Å². The molecule has 5 rings (SSSR count). The van der Waals surface area contributed by atoms with Crippen LogP contribution in [-0.2, 0) is 9.59 Å². The number of carboxylic acid groups (broad SMARTS) is 1. The zero-order chi connectivity index (χ0) is 24.5. The van der Waals surface area contributed by atoms with E-state index < -0.39 is 17.9 Å². The number of carbonyl (C=O) groups is 2. The normalized spacial score (nSPS) is 24.0. The van der Waals surface area contributed by atoms with Gasteiger partial charge in [-0.1, -0.05) is 31.0 Å². The van der Waals surface area contributed by atoms with E-state index in [0.717, 1.165) is 36.8 Å². The maximum Gasteiger partial charge on any atom is 0.309 e. The number of aliphatic carboxylic acids is 1. The molecule has 2 fully saturated rings. The third kappa shape index (κ3) is 4.55. The smallest absolute Gasteiger partial charge is 0.309 e. The van der Waals surface area contributed by atoms with Crippen LogP contribution in [0.3, 0.4) is 0 Å². The first-order valence-corrected chi connectivity index (χ1v) is 12.2. The van der Waals surface area contributed by atoms with Gasteiger partial charge in [-0.15, -0.1) is 0 Å². The van der Waals surface area contributed by atoms with Crippen molar-refractivity contribution in [3.8, 4) is 17.2 Å². The Morgan fingerprint density at radius 1 is 1.06 bits per heavy atom. The van der Waals surface area contributed by atoms with Crippen molar-refractivity contribution in [2.75, 3.05) is 34.0 Å². The zero-order valence-electron chi connectivity index (χ0n) is 20.2. The molecule has 0 aromatic heterocycles. The van der Waals surface area contributed by atoms with Gasteiger partial charge in [-0.3, -0.25) is 14.5 Å². The van der Waals surface area contributed by atoms with Crippen LogP contribution in [0.5, 0.6) is 17.2 Å². The maximum absolute atomic E-state index is 13.3. The van der Waals surface area contributed by atoms with Gasteiger partial charge in [-0.05, 0) is 48.2 Å². The Kier molecular flexibility index (Phi) is 6.56. The Labute approximate surface area is 205 Å². The number of carbonyl (C=O) groups excluding carboxylic acids is 1. The molecule has 186 valence electrons. The summed E-state index contributed by atoms with van der Waals surface area (Å²) < 4.78 is 16.3. The zero-order valence-corrected chi connectivity index (χ0v) is 20.2. The lowest BCUT2D eigenvalue weighted by Gasteiger charge is -2.30. The number of ether oxygens (including phenoxy) is 3. The highest BCUT2D eigenvalue weighted by Crippen LogP contribution is 2.47. The van der Waals surface area contributed by atoms with Crippen LogP contribution in [0.4, 0.5) is 0 Å². The van der Waals surface area contributed by atoms with Crippen LogP contribution in [0, 0.1) is 5.92 Å². The Bertz CT molecular complexity index is 1080. The van der Waals surface area contributed by atoms with Crippen LogP contribution in [0.1, 0.15) is 48.8 Å². The van der Waals surface area contributed by atoms with Crippen LogP contribution in [-0.4, -0.2) is 66.9 Å². The molecule has 1 saturated carbocycles. The molecule has 1 aliphatic carbocycles. The summed E-state index contributed by atoms with van der Waals surface area (Å²) in [7, 11) is 3.48. The molecule has 8 heteroatoms. The largest absolute Gasteiger partial charge is 0.497 e. The van der Waals surface area contributed by atoms with Gasteiger partial charge >= 0.3 is 5.97 Å². The van der Waals surface area contributed by atoms with Gasteiger partial charge in [0.05, 0.1) is 19.6 Å². The molecule has 0 radical (unpaired) electrons. The van der Waals surface area contributed by atoms with Gasteiger partial charge in [-0.2, -0.15) is 0 Å². The maximum atomic E-state index is 13.3. The highest BCUT2D eigenvalue weighted by molar-refractivity contribution is 5.79. The molecule has 8 nitrogen and oxygen atoms in total. The van der Waals surface area contributed by atoms with Gasteiger partial charge in [0, 0.05) is 31.6 Å². The lowest BCUT2D eigenvalue weighted by atomic mass is 9.82. The summed E-state index contributed by atoms with van der Waals surface area (Å²) in [5.74, 6) is 0.110. The van der Waals surface area contributed by atoms with Crippen molar-refractivity contribution in [2.24, 2.45) is 5.92 Å². The number of rotatable bonds is 7. The summed E-state index contributed by atoms with van der Waals surface area (Å²) in [6.45, 7) is 0.792.